The first-order chi connectivity index (χ1) is 10.5. The highest BCUT2D eigenvalue weighted by atomic mass is 35.5. The molecule has 2 aromatic heterocycles. The number of fused-ring (bicyclic) bond motifs is 1. The van der Waals surface area contributed by atoms with Gasteiger partial charge in [-0.25, -0.2) is 9.97 Å². The Morgan fingerprint density at radius 1 is 1.50 bits per heavy atom. The summed E-state index contributed by atoms with van der Waals surface area (Å²) in [6.45, 7) is -0.426. The summed E-state index contributed by atoms with van der Waals surface area (Å²) < 4.78 is 7.10. The molecule has 1 aliphatic rings. The predicted molar refractivity (Wildman–Crippen MR) is 77.3 cm³/mol. The van der Waals surface area contributed by atoms with Crippen molar-refractivity contribution in [3.8, 4) is 11.3 Å². The van der Waals surface area contributed by atoms with E-state index in [1.807, 2.05) is 0 Å². The first-order valence-corrected chi connectivity index (χ1v) is 6.70. The normalized spacial score (nSPS) is 31.2. The van der Waals surface area contributed by atoms with E-state index in [2.05, 4.69) is 26.3 Å². The maximum atomic E-state index is 10.3. The Morgan fingerprint density at radius 2 is 2.27 bits per heavy atom. The van der Waals surface area contributed by atoms with Crippen LogP contribution in [-0.4, -0.2) is 54.1 Å². The quantitative estimate of drug-likeness (QED) is 0.491. The Morgan fingerprint density at radius 3 is 2.95 bits per heavy atom. The molecule has 1 unspecified atom stereocenters. The molecular formula is C12H13ClN6O3. The second-order valence-corrected chi connectivity index (χ2v) is 5.08. The molecule has 6 N–H and O–H groups in total. The molecule has 0 spiro atoms. The van der Waals surface area contributed by atoms with Crippen molar-refractivity contribution in [3.05, 3.63) is 12.5 Å². The SMILES string of the molecule is Nc1ncc2ncn([C@@H]3O[C@H](CO)[C@H](O)C3(N)C#CCl)c2n1. The van der Waals surface area contributed by atoms with Crippen LogP contribution in [0.2, 0.25) is 0 Å². The number of rotatable bonds is 2. The molecule has 3 heterocycles. The molecule has 3 rings (SSSR count). The van der Waals surface area contributed by atoms with Crippen molar-refractivity contribution in [2.24, 2.45) is 5.73 Å². The summed E-state index contributed by atoms with van der Waals surface area (Å²) in [5.74, 6) is 2.59. The third-order valence-corrected chi connectivity index (χ3v) is 3.68. The number of hydrogen-bond donors (Lipinski definition) is 4. The smallest absolute Gasteiger partial charge is 0.222 e. The predicted octanol–water partition coefficient (Wildman–Crippen LogP) is -1.44. The number of nitrogens with zero attached hydrogens (tertiary/aromatic N) is 4. The lowest BCUT2D eigenvalue weighted by atomic mass is 9.92. The maximum Gasteiger partial charge on any atom is 0.222 e. The standard InChI is InChI=1S/C12H13ClN6O3/c13-2-1-12(15)8(21)7(4-20)22-10(12)19-5-17-6-3-16-11(14)18-9(6)19/h3,5,7-8,10,20-21H,4,15H2,(H2,14,16,18)/t7-,8+,10-,12?/m1/s1. The van der Waals surface area contributed by atoms with Crippen molar-refractivity contribution < 1.29 is 14.9 Å². The molecular weight excluding hydrogens is 312 g/mol. The molecule has 0 amide bonds. The Hall–Kier alpha value is -1.96. The number of anilines is 1. The molecule has 2 aromatic rings. The second kappa shape index (κ2) is 5.35. The number of aromatic nitrogens is 4. The van der Waals surface area contributed by atoms with Gasteiger partial charge in [0.05, 0.1) is 19.1 Å². The lowest BCUT2D eigenvalue weighted by Gasteiger charge is -2.27. The van der Waals surface area contributed by atoms with Crippen LogP contribution in [0.15, 0.2) is 12.5 Å². The fourth-order valence-electron chi connectivity index (χ4n) is 2.47. The summed E-state index contributed by atoms with van der Waals surface area (Å²) >= 11 is 5.46. The molecule has 1 aliphatic heterocycles. The van der Waals surface area contributed by atoms with Gasteiger partial charge in [-0.2, -0.15) is 4.98 Å². The summed E-state index contributed by atoms with van der Waals surface area (Å²) in [6, 6.07) is 0. The first kappa shape index (κ1) is 15.0. The first-order valence-electron chi connectivity index (χ1n) is 6.32. The minimum Gasteiger partial charge on any atom is -0.394 e. The number of halogens is 1. The highest BCUT2D eigenvalue weighted by Gasteiger charge is 2.54. The number of aliphatic hydroxyl groups excluding tert-OH is 2. The second-order valence-electron chi connectivity index (χ2n) is 4.90. The molecule has 0 saturated carbocycles. The lowest BCUT2D eigenvalue weighted by Crippen LogP contribution is -2.53. The van der Waals surface area contributed by atoms with E-state index in [9.17, 15) is 10.2 Å². The molecule has 116 valence electrons. The van der Waals surface area contributed by atoms with E-state index in [1.54, 1.807) is 0 Å². The summed E-state index contributed by atoms with van der Waals surface area (Å²) in [5, 5.41) is 21.8. The van der Waals surface area contributed by atoms with Gasteiger partial charge in [-0.05, 0) is 11.6 Å². The largest absolute Gasteiger partial charge is 0.394 e. The van der Waals surface area contributed by atoms with Crippen LogP contribution in [-0.2, 0) is 4.74 Å². The average molecular weight is 325 g/mol. The molecule has 0 aromatic carbocycles. The lowest BCUT2D eigenvalue weighted by molar-refractivity contribution is -0.0447. The zero-order valence-corrected chi connectivity index (χ0v) is 12.0. The molecule has 22 heavy (non-hydrogen) atoms. The summed E-state index contributed by atoms with van der Waals surface area (Å²) in [6.07, 6.45) is -0.234. The van der Waals surface area contributed by atoms with Gasteiger partial charge in [0.15, 0.2) is 17.4 Å². The van der Waals surface area contributed by atoms with Crippen molar-refractivity contribution in [2.75, 3.05) is 12.3 Å². The number of nitrogens with two attached hydrogens (primary N) is 2. The summed E-state index contributed by atoms with van der Waals surface area (Å²) in [7, 11) is 0. The molecule has 1 fully saturated rings. The summed E-state index contributed by atoms with van der Waals surface area (Å²) in [4.78, 5) is 12.1. The van der Waals surface area contributed by atoms with Crippen LogP contribution in [0.4, 0.5) is 5.95 Å². The van der Waals surface area contributed by atoms with Crippen molar-refractivity contribution in [2.45, 2.75) is 24.0 Å². The van der Waals surface area contributed by atoms with Gasteiger partial charge in [0.2, 0.25) is 5.95 Å². The zero-order chi connectivity index (χ0) is 15.9. The number of aliphatic hydroxyl groups is 2. The zero-order valence-electron chi connectivity index (χ0n) is 11.2. The van der Waals surface area contributed by atoms with Crippen molar-refractivity contribution in [1.29, 1.82) is 0 Å². The van der Waals surface area contributed by atoms with Crippen LogP contribution in [0.5, 0.6) is 0 Å². The number of nitrogen functional groups attached to an aromatic ring is 1. The minimum absolute atomic E-state index is 0.0533. The van der Waals surface area contributed by atoms with E-state index in [-0.39, 0.29) is 5.95 Å². The molecule has 10 heteroatoms. The highest BCUT2D eigenvalue weighted by Crippen LogP contribution is 2.37. The van der Waals surface area contributed by atoms with E-state index in [0.717, 1.165) is 0 Å². The van der Waals surface area contributed by atoms with Gasteiger partial charge < -0.3 is 26.4 Å². The van der Waals surface area contributed by atoms with Gasteiger partial charge in [0, 0.05) is 5.38 Å². The van der Waals surface area contributed by atoms with E-state index in [0.29, 0.717) is 11.2 Å². The van der Waals surface area contributed by atoms with Crippen LogP contribution in [0.25, 0.3) is 11.2 Å². The van der Waals surface area contributed by atoms with Crippen LogP contribution in [0.1, 0.15) is 6.23 Å². The van der Waals surface area contributed by atoms with Gasteiger partial charge in [0.25, 0.3) is 0 Å². The number of ether oxygens (including phenoxy) is 1. The van der Waals surface area contributed by atoms with Crippen molar-refractivity contribution in [3.63, 3.8) is 0 Å². The molecule has 9 nitrogen and oxygen atoms in total. The van der Waals surface area contributed by atoms with Gasteiger partial charge >= 0.3 is 0 Å². The topological polar surface area (TPSA) is 145 Å². The van der Waals surface area contributed by atoms with Gasteiger partial charge in [0.1, 0.15) is 17.7 Å². The fourth-order valence-corrected chi connectivity index (χ4v) is 2.64. The highest BCUT2D eigenvalue weighted by molar-refractivity contribution is 6.30. The van der Waals surface area contributed by atoms with Crippen LogP contribution in [0, 0.1) is 11.3 Å². The van der Waals surface area contributed by atoms with Crippen molar-refractivity contribution in [1.82, 2.24) is 19.5 Å². The number of imidazole rings is 1. The molecule has 0 bridgehead atoms. The van der Waals surface area contributed by atoms with Gasteiger partial charge in [-0.15, -0.1) is 0 Å². The number of hydrogen-bond acceptors (Lipinski definition) is 8. The van der Waals surface area contributed by atoms with E-state index in [1.165, 1.54) is 17.1 Å². The fraction of sp³-hybridized carbons (Fsp3) is 0.417. The Kier molecular flexibility index (Phi) is 3.64. The van der Waals surface area contributed by atoms with Crippen LogP contribution in [0.3, 0.4) is 0 Å². The maximum absolute atomic E-state index is 10.3. The monoisotopic (exact) mass is 324 g/mol. The average Bonchev–Trinajstić information content (AvgIpc) is 3.00. The van der Waals surface area contributed by atoms with E-state index >= 15 is 0 Å². The minimum atomic E-state index is -1.54. The van der Waals surface area contributed by atoms with E-state index < -0.39 is 30.6 Å². The van der Waals surface area contributed by atoms with Crippen molar-refractivity contribution >= 4 is 28.7 Å². The molecule has 0 radical (unpaired) electrons. The van der Waals surface area contributed by atoms with E-state index in [4.69, 9.17) is 27.8 Å². The van der Waals surface area contributed by atoms with Crippen LogP contribution >= 0.6 is 11.6 Å². The Balaban J connectivity index is 2.14. The molecule has 0 aliphatic carbocycles. The third kappa shape index (κ3) is 2.09. The Bertz CT molecular complexity index is 771. The molecule has 4 atom stereocenters. The van der Waals surface area contributed by atoms with Gasteiger partial charge in [-0.1, -0.05) is 5.92 Å². The van der Waals surface area contributed by atoms with Gasteiger partial charge in [-0.3, -0.25) is 4.57 Å². The Labute approximate surface area is 129 Å². The molecule has 1 saturated heterocycles. The third-order valence-electron chi connectivity index (χ3n) is 3.58. The van der Waals surface area contributed by atoms with Crippen LogP contribution < -0.4 is 11.5 Å². The summed E-state index contributed by atoms with van der Waals surface area (Å²) in [5.41, 5.74) is 11.1.